The Morgan fingerprint density at radius 2 is 2.11 bits per heavy atom. The van der Waals surface area contributed by atoms with Gasteiger partial charge in [-0.05, 0) is 38.9 Å². The maximum atomic E-state index is 12.0. The van der Waals surface area contributed by atoms with Gasteiger partial charge in [-0.25, -0.2) is 13.4 Å². The highest BCUT2D eigenvalue weighted by Crippen LogP contribution is 2.09. The molecule has 0 bridgehead atoms. The molecule has 0 fully saturated rings. The Hall–Kier alpha value is -1.14. The van der Waals surface area contributed by atoms with E-state index in [1.807, 2.05) is 19.9 Å². The van der Waals surface area contributed by atoms with Gasteiger partial charge >= 0.3 is 0 Å². The van der Waals surface area contributed by atoms with Gasteiger partial charge in [0.25, 0.3) is 0 Å². The molecule has 2 N–H and O–H groups in total. The molecular formula is C12H21N3O2S. The van der Waals surface area contributed by atoms with Crippen molar-refractivity contribution in [1.82, 2.24) is 10.3 Å². The summed E-state index contributed by atoms with van der Waals surface area (Å²) >= 11 is 0. The van der Waals surface area contributed by atoms with E-state index in [2.05, 4.69) is 15.0 Å². The van der Waals surface area contributed by atoms with Crippen LogP contribution in [0, 0.1) is 6.92 Å². The topological polar surface area (TPSA) is 71.1 Å². The summed E-state index contributed by atoms with van der Waals surface area (Å²) in [6, 6.07) is 5.25. The van der Waals surface area contributed by atoms with Crippen LogP contribution in [0.3, 0.4) is 0 Å². The number of sulfonamides is 1. The number of hydrogen-bond donors (Lipinski definition) is 2. The number of nitrogens with zero attached hydrogens (tertiary/aromatic N) is 1. The molecule has 0 amide bonds. The molecular weight excluding hydrogens is 250 g/mol. The van der Waals surface area contributed by atoms with Gasteiger partial charge in [-0.3, -0.25) is 4.72 Å². The third kappa shape index (κ3) is 4.62. The number of pyridine rings is 1. The summed E-state index contributed by atoms with van der Waals surface area (Å²) in [5, 5.41) is 2.60. The predicted octanol–water partition coefficient (Wildman–Crippen LogP) is 1.52. The van der Waals surface area contributed by atoms with Crippen LogP contribution < -0.4 is 10.0 Å². The second-order valence-electron chi connectivity index (χ2n) is 4.33. The maximum absolute atomic E-state index is 12.0. The summed E-state index contributed by atoms with van der Waals surface area (Å²) < 4.78 is 26.5. The molecule has 1 heterocycles. The van der Waals surface area contributed by atoms with Crippen LogP contribution in [0.25, 0.3) is 0 Å². The predicted molar refractivity (Wildman–Crippen MR) is 74.1 cm³/mol. The van der Waals surface area contributed by atoms with E-state index < -0.39 is 15.3 Å². The van der Waals surface area contributed by atoms with Crippen molar-refractivity contribution in [3.8, 4) is 0 Å². The van der Waals surface area contributed by atoms with Gasteiger partial charge in [0.1, 0.15) is 5.82 Å². The molecule has 0 aliphatic carbocycles. The number of aryl methyl sites for hydroxylation is 1. The molecule has 0 saturated heterocycles. The average molecular weight is 271 g/mol. The van der Waals surface area contributed by atoms with E-state index >= 15 is 0 Å². The van der Waals surface area contributed by atoms with Crippen molar-refractivity contribution in [1.29, 1.82) is 0 Å². The average Bonchev–Trinajstić information content (AvgIpc) is 2.28. The second-order valence-corrected chi connectivity index (χ2v) is 6.42. The number of rotatable bonds is 7. The first-order chi connectivity index (χ1) is 8.45. The van der Waals surface area contributed by atoms with Crippen LogP contribution in [0.15, 0.2) is 18.2 Å². The van der Waals surface area contributed by atoms with Crippen LogP contribution in [0.1, 0.15) is 26.0 Å². The molecule has 1 atom stereocenters. The van der Waals surface area contributed by atoms with Gasteiger partial charge in [0, 0.05) is 12.2 Å². The standard InChI is InChI=1S/C12H21N3O2S/c1-4-8-13-9-11(3)18(16,17)15-12-7-5-6-10(2)14-12/h5-7,11,13H,4,8-9H2,1-3H3,(H,14,15). The third-order valence-electron chi connectivity index (χ3n) is 2.52. The summed E-state index contributed by atoms with van der Waals surface area (Å²) in [6.07, 6.45) is 0.986. The normalized spacial score (nSPS) is 13.3. The van der Waals surface area contributed by atoms with E-state index in [1.165, 1.54) is 0 Å². The lowest BCUT2D eigenvalue weighted by Crippen LogP contribution is -2.35. The van der Waals surface area contributed by atoms with E-state index in [0.717, 1.165) is 18.7 Å². The Kier molecular flexibility index (Phi) is 5.55. The molecule has 0 spiro atoms. The van der Waals surface area contributed by atoms with Crippen molar-refractivity contribution in [3.05, 3.63) is 23.9 Å². The molecule has 5 nitrogen and oxygen atoms in total. The van der Waals surface area contributed by atoms with E-state index in [4.69, 9.17) is 0 Å². The SMILES string of the molecule is CCCNCC(C)S(=O)(=O)Nc1cccc(C)n1. The van der Waals surface area contributed by atoms with Crippen LogP contribution in [-0.2, 0) is 10.0 Å². The quantitative estimate of drug-likeness (QED) is 0.738. The largest absolute Gasteiger partial charge is 0.315 e. The molecule has 0 saturated carbocycles. The van der Waals surface area contributed by atoms with E-state index in [1.54, 1.807) is 19.1 Å². The van der Waals surface area contributed by atoms with Crippen LogP contribution in [0.5, 0.6) is 0 Å². The van der Waals surface area contributed by atoms with Crippen LogP contribution in [-0.4, -0.2) is 31.7 Å². The van der Waals surface area contributed by atoms with E-state index in [-0.39, 0.29) is 0 Å². The fourth-order valence-corrected chi connectivity index (χ4v) is 2.38. The van der Waals surface area contributed by atoms with Crippen LogP contribution >= 0.6 is 0 Å². The molecule has 6 heteroatoms. The highest BCUT2D eigenvalue weighted by molar-refractivity contribution is 7.93. The highest BCUT2D eigenvalue weighted by atomic mass is 32.2. The fourth-order valence-electron chi connectivity index (χ4n) is 1.44. The molecule has 102 valence electrons. The maximum Gasteiger partial charge on any atom is 0.237 e. The van der Waals surface area contributed by atoms with E-state index in [9.17, 15) is 8.42 Å². The summed E-state index contributed by atoms with van der Waals surface area (Å²) in [4.78, 5) is 4.13. The number of nitrogens with one attached hydrogen (secondary N) is 2. The minimum absolute atomic E-state index is 0.373. The minimum atomic E-state index is -3.39. The Morgan fingerprint density at radius 3 is 2.72 bits per heavy atom. The summed E-state index contributed by atoms with van der Waals surface area (Å²) in [5.74, 6) is 0.373. The Balaban J connectivity index is 2.64. The molecule has 1 aromatic heterocycles. The second kappa shape index (κ2) is 6.70. The minimum Gasteiger partial charge on any atom is -0.315 e. The van der Waals surface area contributed by atoms with Gasteiger partial charge in [-0.2, -0.15) is 0 Å². The first-order valence-electron chi connectivity index (χ1n) is 6.11. The van der Waals surface area contributed by atoms with Gasteiger partial charge in [-0.1, -0.05) is 13.0 Å². The van der Waals surface area contributed by atoms with Crippen molar-refractivity contribution in [3.63, 3.8) is 0 Å². The lowest BCUT2D eigenvalue weighted by atomic mass is 10.4. The van der Waals surface area contributed by atoms with E-state index in [0.29, 0.717) is 12.4 Å². The summed E-state index contributed by atoms with van der Waals surface area (Å²) in [7, 11) is -3.39. The first kappa shape index (κ1) is 14.9. The van der Waals surface area contributed by atoms with Crippen LogP contribution in [0.2, 0.25) is 0 Å². The smallest absolute Gasteiger partial charge is 0.237 e. The zero-order valence-electron chi connectivity index (χ0n) is 11.1. The number of anilines is 1. The lowest BCUT2D eigenvalue weighted by molar-refractivity contribution is 0.575. The van der Waals surface area contributed by atoms with Gasteiger partial charge in [0.15, 0.2) is 0 Å². The summed E-state index contributed by atoms with van der Waals surface area (Å²) in [6.45, 7) is 6.81. The molecule has 0 aromatic carbocycles. The molecule has 1 rings (SSSR count). The first-order valence-corrected chi connectivity index (χ1v) is 7.66. The molecule has 1 unspecified atom stereocenters. The Bertz CT molecular complexity index is 474. The molecule has 0 radical (unpaired) electrons. The van der Waals surface area contributed by atoms with Gasteiger partial charge in [0.05, 0.1) is 5.25 Å². The van der Waals surface area contributed by atoms with Gasteiger partial charge in [0.2, 0.25) is 10.0 Å². The van der Waals surface area contributed by atoms with Crippen molar-refractivity contribution >= 4 is 15.8 Å². The molecule has 0 aliphatic rings. The van der Waals surface area contributed by atoms with Crippen LogP contribution in [0.4, 0.5) is 5.82 Å². The third-order valence-corrected chi connectivity index (χ3v) is 4.24. The lowest BCUT2D eigenvalue weighted by Gasteiger charge is -2.15. The van der Waals surface area contributed by atoms with Crippen molar-refractivity contribution in [2.45, 2.75) is 32.4 Å². The summed E-state index contributed by atoms with van der Waals surface area (Å²) in [5.41, 5.74) is 0.784. The zero-order valence-corrected chi connectivity index (χ0v) is 11.9. The Morgan fingerprint density at radius 1 is 1.39 bits per heavy atom. The van der Waals surface area contributed by atoms with Crippen molar-refractivity contribution in [2.75, 3.05) is 17.8 Å². The van der Waals surface area contributed by atoms with Crippen molar-refractivity contribution < 1.29 is 8.42 Å². The molecule has 18 heavy (non-hydrogen) atoms. The fraction of sp³-hybridized carbons (Fsp3) is 0.583. The zero-order chi connectivity index (χ0) is 13.6. The highest BCUT2D eigenvalue weighted by Gasteiger charge is 2.20. The van der Waals surface area contributed by atoms with Gasteiger partial charge in [-0.15, -0.1) is 0 Å². The van der Waals surface area contributed by atoms with Gasteiger partial charge < -0.3 is 5.32 Å². The Labute approximate surface area is 109 Å². The number of aromatic nitrogens is 1. The number of hydrogen-bond acceptors (Lipinski definition) is 4. The monoisotopic (exact) mass is 271 g/mol. The van der Waals surface area contributed by atoms with Crippen molar-refractivity contribution in [2.24, 2.45) is 0 Å². The molecule has 0 aliphatic heterocycles. The molecule has 1 aromatic rings.